The van der Waals surface area contributed by atoms with Gasteiger partial charge in [-0.3, -0.25) is 4.79 Å². The maximum atomic E-state index is 12.2. The number of nitrogens with one attached hydrogen (secondary N) is 1. The summed E-state index contributed by atoms with van der Waals surface area (Å²) in [5, 5.41) is 11.8. The van der Waals surface area contributed by atoms with Gasteiger partial charge in [-0.25, -0.2) is 0 Å². The van der Waals surface area contributed by atoms with E-state index >= 15 is 0 Å². The zero-order chi connectivity index (χ0) is 17.5. The normalized spacial score (nSPS) is 14.7. The minimum Gasteiger partial charge on any atom is -0.326 e. The second kappa shape index (κ2) is 8.98. The molecule has 1 amide bonds. The molecule has 25 heavy (non-hydrogen) atoms. The molecule has 128 valence electrons. The molecule has 0 radical (unpaired) electrons. The van der Waals surface area contributed by atoms with Crippen molar-refractivity contribution >= 4 is 35.1 Å². The lowest BCUT2D eigenvalue weighted by molar-refractivity contribution is -0.116. The van der Waals surface area contributed by atoms with E-state index in [0.29, 0.717) is 23.0 Å². The maximum Gasteiger partial charge on any atom is 0.224 e. The van der Waals surface area contributed by atoms with E-state index in [1.54, 1.807) is 12.1 Å². The van der Waals surface area contributed by atoms with E-state index in [1.165, 1.54) is 23.5 Å². The van der Waals surface area contributed by atoms with Crippen LogP contribution in [0, 0.1) is 11.3 Å². The molecule has 1 fully saturated rings. The van der Waals surface area contributed by atoms with Crippen LogP contribution in [0.15, 0.2) is 48.5 Å². The summed E-state index contributed by atoms with van der Waals surface area (Å²) in [4.78, 5) is 12.2. The van der Waals surface area contributed by atoms with Crippen molar-refractivity contribution < 1.29 is 4.79 Å². The van der Waals surface area contributed by atoms with Crippen molar-refractivity contribution in [2.75, 3.05) is 16.8 Å². The summed E-state index contributed by atoms with van der Waals surface area (Å²) < 4.78 is 0.476. The van der Waals surface area contributed by atoms with Crippen LogP contribution < -0.4 is 5.32 Å². The van der Waals surface area contributed by atoms with Crippen LogP contribution in [0.5, 0.6) is 0 Å². The van der Waals surface area contributed by atoms with Crippen LogP contribution in [-0.4, -0.2) is 17.4 Å². The maximum absolute atomic E-state index is 12.2. The number of hydrogen-bond donors (Lipinski definition) is 1. The Kier molecular flexibility index (Phi) is 6.43. The summed E-state index contributed by atoms with van der Waals surface area (Å²) in [6.07, 6.45) is 2.38. The lowest BCUT2D eigenvalue weighted by atomic mass is 10.1. The average Bonchev–Trinajstić information content (AvgIpc) is 2.68. The topological polar surface area (TPSA) is 52.9 Å². The van der Waals surface area contributed by atoms with Gasteiger partial charge in [-0.05, 0) is 59.7 Å². The van der Waals surface area contributed by atoms with Crippen molar-refractivity contribution in [2.45, 2.75) is 23.8 Å². The molecule has 1 heterocycles. The predicted molar refractivity (Wildman–Crippen MR) is 107 cm³/mol. The first-order valence-electron chi connectivity index (χ1n) is 8.37. The Morgan fingerprint density at radius 3 is 2.64 bits per heavy atom. The number of aryl methyl sites for hydroxylation is 1. The molecule has 5 heteroatoms. The Morgan fingerprint density at radius 1 is 1.16 bits per heavy atom. The molecule has 0 atom stereocenters. The highest BCUT2D eigenvalue weighted by molar-refractivity contribution is 8.16. The summed E-state index contributed by atoms with van der Waals surface area (Å²) >= 11 is 3.96. The molecule has 2 aromatic carbocycles. The van der Waals surface area contributed by atoms with E-state index in [0.717, 1.165) is 11.3 Å². The lowest BCUT2D eigenvalue weighted by Gasteiger charge is -2.21. The monoisotopic (exact) mass is 368 g/mol. The van der Waals surface area contributed by atoms with Crippen LogP contribution in [0.1, 0.15) is 34.1 Å². The smallest absolute Gasteiger partial charge is 0.224 e. The number of anilines is 1. The van der Waals surface area contributed by atoms with Gasteiger partial charge >= 0.3 is 0 Å². The molecule has 1 aliphatic rings. The van der Waals surface area contributed by atoms with E-state index in [-0.39, 0.29) is 5.91 Å². The molecule has 1 N–H and O–H groups in total. The van der Waals surface area contributed by atoms with Crippen LogP contribution in [0.3, 0.4) is 0 Å². The van der Waals surface area contributed by atoms with Gasteiger partial charge in [-0.2, -0.15) is 5.26 Å². The average molecular weight is 369 g/mol. The molecule has 1 saturated heterocycles. The third-order valence-corrected chi connectivity index (χ3v) is 7.01. The van der Waals surface area contributed by atoms with E-state index in [2.05, 4.69) is 23.5 Å². The fraction of sp³-hybridized carbons (Fsp3) is 0.300. The molecule has 2 aromatic rings. The first-order chi connectivity index (χ1) is 12.2. The van der Waals surface area contributed by atoms with Gasteiger partial charge in [-0.1, -0.05) is 24.3 Å². The van der Waals surface area contributed by atoms with Crippen LogP contribution >= 0.6 is 23.5 Å². The van der Waals surface area contributed by atoms with Gasteiger partial charge in [0, 0.05) is 12.1 Å². The highest BCUT2D eigenvalue weighted by Crippen LogP contribution is 2.44. The molecule has 0 bridgehead atoms. The number of benzene rings is 2. The molecule has 1 aliphatic heterocycles. The van der Waals surface area contributed by atoms with Crippen molar-refractivity contribution in [1.82, 2.24) is 0 Å². The summed E-state index contributed by atoms with van der Waals surface area (Å²) in [6.45, 7) is 0. The SMILES string of the molecule is N#Cc1ccc(CCC(=O)Nc2cccc(C3SCCCS3)c2)cc1. The van der Waals surface area contributed by atoms with Gasteiger partial charge in [0.25, 0.3) is 0 Å². The van der Waals surface area contributed by atoms with Gasteiger partial charge in [0.05, 0.1) is 16.2 Å². The number of rotatable bonds is 5. The van der Waals surface area contributed by atoms with Crippen molar-refractivity contribution in [3.63, 3.8) is 0 Å². The quantitative estimate of drug-likeness (QED) is 0.807. The minimum atomic E-state index is 0.0189. The number of amides is 1. The summed E-state index contributed by atoms with van der Waals surface area (Å²) in [5.74, 6) is 2.43. The van der Waals surface area contributed by atoms with Crippen molar-refractivity contribution in [3.05, 3.63) is 65.2 Å². The van der Waals surface area contributed by atoms with Crippen LogP contribution in [0.4, 0.5) is 5.69 Å². The van der Waals surface area contributed by atoms with Crippen LogP contribution in [-0.2, 0) is 11.2 Å². The van der Waals surface area contributed by atoms with Gasteiger partial charge in [0.1, 0.15) is 0 Å². The Hall–Kier alpha value is -1.90. The largest absolute Gasteiger partial charge is 0.326 e. The number of nitriles is 1. The predicted octanol–water partition coefficient (Wildman–Crippen LogP) is 5.00. The second-order valence-electron chi connectivity index (χ2n) is 5.91. The highest BCUT2D eigenvalue weighted by Gasteiger charge is 2.17. The van der Waals surface area contributed by atoms with Gasteiger partial charge in [-0.15, -0.1) is 23.5 Å². The lowest BCUT2D eigenvalue weighted by Crippen LogP contribution is -2.12. The molecule has 0 aliphatic carbocycles. The summed E-state index contributed by atoms with van der Waals surface area (Å²) in [5.41, 5.74) is 3.86. The molecule has 0 aromatic heterocycles. The van der Waals surface area contributed by atoms with E-state index < -0.39 is 0 Å². The molecule has 3 nitrogen and oxygen atoms in total. The Balaban J connectivity index is 1.54. The van der Waals surface area contributed by atoms with Crippen molar-refractivity contribution in [2.24, 2.45) is 0 Å². The zero-order valence-electron chi connectivity index (χ0n) is 13.9. The standard InChI is InChI=1S/C20H20N2OS2/c21-14-16-7-5-15(6-8-16)9-10-19(23)22-18-4-1-3-17(13-18)20-24-11-2-12-25-20/h1,3-8,13,20H,2,9-12H2,(H,22,23). The number of carbonyl (C=O) groups excluding carboxylic acids is 1. The minimum absolute atomic E-state index is 0.0189. The fourth-order valence-corrected chi connectivity index (χ4v) is 5.54. The Bertz CT molecular complexity index is 762. The van der Waals surface area contributed by atoms with E-state index in [1.807, 2.05) is 47.8 Å². The number of thioether (sulfide) groups is 2. The molecule has 0 spiro atoms. The summed E-state index contributed by atoms with van der Waals surface area (Å²) in [6, 6.07) is 17.7. The number of nitrogens with zero attached hydrogens (tertiary/aromatic N) is 1. The zero-order valence-corrected chi connectivity index (χ0v) is 15.5. The van der Waals surface area contributed by atoms with Crippen molar-refractivity contribution in [3.8, 4) is 6.07 Å². The fourth-order valence-electron chi connectivity index (χ4n) is 2.67. The first kappa shape index (κ1) is 17.9. The first-order valence-corrected chi connectivity index (χ1v) is 10.5. The van der Waals surface area contributed by atoms with E-state index in [4.69, 9.17) is 5.26 Å². The molecule has 0 saturated carbocycles. The summed E-state index contributed by atoms with van der Waals surface area (Å²) in [7, 11) is 0. The third-order valence-electron chi connectivity index (χ3n) is 3.99. The van der Waals surface area contributed by atoms with Crippen molar-refractivity contribution in [1.29, 1.82) is 5.26 Å². The number of carbonyl (C=O) groups is 1. The Morgan fingerprint density at radius 2 is 1.92 bits per heavy atom. The molecular formula is C20H20N2OS2. The van der Waals surface area contributed by atoms with Gasteiger partial charge < -0.3 is 5.32 Å². The molecular weight excluding hydrogens is 348 g/mol. The highest BCUT2D eigenvalue weighted by atomic mass is 32.2. The molecule has 0 unspecified atom stereocenters. The second-order valence-corrected chi connectivity index (χ2v) is 8.63. The van der Waals surface area contributed by atoms with E-state index in [9.17, 15) is 4.79 Å². The van der Waals surface area contributed by atoms with Crippen LogP contribution in [0.25, 0.3) is 0 Å². The molecule has 3 rings (SSSR count). The van der Waals surface area contributed by atoms with Crippen LogP contribution in [0.2, 0.25) is 0 Å². The number of hydrogen-bond acceptors (Lipinski definition) is 4. The van der Waals surface area contributed by atoms with Gasteiger partial charge in [0.15, 0.2) is 0 Å². The van der Waals surface area contributed by atoms with Gasteiger partial charge in [0.2, 0.25) is 5.91 Å². The third kappa shape index (κ3) is 5.29. The Labute approximate surface area is 157 Å².